The van der Waals surface area contributed by atoms with Crippen molar-refractivity contribution in [3.63, 3.8) is 0 Å². The minimum atomic E-state index is -1.04. The lowest BCUT2D eigenvalue weighted by Gasteiger charge is -2.37. The lowest BCUT2D eigenvalue weighted by molar-refractivity contribution is -0.155. The minimum absolute atomic E-state index is 0.140. The van der Waals surface area contributed by atoms with Gasteiger partial charge in [-0.3, -0.25) is 34.0 Å². The van der Waals surface area contributed by atoms with Crippen molar-refractivity contribution in [3.05, 3.63) is 90.3 Å². The molecule has 3 fully saturated rings. The molecule has 14 heteroatoms. The number of rotatable bonds is 9. The van der Waals surface area contributed by atoms with Crippen molar-refractivity contribution < 1.29 is 33.4 Å². The molecule has 66 heavy (non-hydrogen) atoms. The summed E-state index contributed by atoms with van der Waals surface area (Å²) < 4.78 is 14.3. The van der Waals surface area contributed by atoms with Crippen LogP contribution < -0.4 is 10.7 Å². The van der Waals surface area contributed by atoms with Gasteiger partial charge in [0.2, 0.25) is 17.7 Å². The van der Waals surface area contributed by atoms with E-state index in [1.54, 1.807) is 23.1 Å². The average molecular weight is 900 g/mol. The van der Waals surface area contributed by atoms with Gasteiger partial charge in [-0.05, 0) is 104 Å². The molecular weight excluding hydrogens is 835 g/mol. The predicted octanol–water partition coefficient (Wildman–Crippen LogP) is 6.41. The van der Waals surface area contributed by atoms with E-state index < -0.39 is 40.8 Å². The third-order valence-electron chi connectivity index (χ3n) is 14.3. The van der Waals surface area contributed by atoms with Gasteiger partial charge < -0.3 is 29.2 Å². The first-order valence-electron chi connectivity index (χ1n) is 23.6. The summed E-state index contributed by atoms with van der Waals surface area (Å²) in [5.41, 5.74) is 9.77. The minimum Gasteiger partial charge on any atom is -0.464 e. The van der Waals surface area contributed by atoms with Crippen molar-refractivity contribution in [2.75, 3.05) is 39.9 Å². The molecule has 6 heterocycles. The molecule has 0 radical (unpaired) electrons. The van der Waals surface area contributed by atoms with Crippen molar-refractivity contribution in [2.24, 2.45) is 16.7 Å². The first kappa shape index (κ1) is 46.7. The van der Waals surface area contributed by atoms with Gasteiger partial charge in [0, 0.05) is 74.3 Å². The van der Waals surface area contributed by atoms with Crippen LogP contribution in [0, 0.1) is 16.7 Å². The third-order valence-corrected chi connectivity index (χ3v) is 14.3. The Morgan fingerprint density at radius 2 is 1.80 bits per heavy atom. The quantitative estimate of drug-likeness (QED) is 0.143. The van der Waals surface area contributed by atoms with Gasteiger partial charge in [-0.2, -0.15) is 0 Å². The largest absolute Gasteiger partial charge is 0.464 e. The molecule has 14 nitrogen and oxygen atoms in total. The molecule has 4 aromatic rings. The zero-order valence-electron chi connectivity index (χ0n) is 39.5. The second-order valence-electron chi connectivity index (χ2n) is 19.8. The van der Waals surface area contributed by atoms with Gasteiger partial charge in [0.1, 0.15) is 18.1 Å². The van der Waals surface area contributed by atoms with Gasteiger partial charge >= 0.3 is 5.97 Å². The Bertz CT molecular complexity index is 2550. The fourth-order valence-corrected chi connectivity index (χ4v) is 10.7. The third kappa shape index (κ3) is 8.89. The SMILES string of the molecule is C=CC(=O)N1CC[C@]2(CCN(C(C(=O)N[C@H]3Cc4cccc(c4)-c4ccc5c(c4)c(c(-c4cccnc4[C@H](C)OC)n5CC)CC(C)(C)COC(=O)[C@@H]4CCCN(N4)C3=O)C(C)C)C2=O)C1. The summed E-state index contributed by atoms with van der Waals surface area (Å²) >= 11 is 0. The summed E-state index contributed by atoms with van der Waals surface area (Å²) in [5.74, 6) is -1.89. The molecule has 3 saturated heterocycles. The van der Waals surface area contributed by atoms with Crippen LogP contribution in [0.3, 0.4) is 0 Å². The van der Waals surface area contributed by atoms with Crippen LogP contribution in [0.1, 0.15) is 90.2 Å². The number of hydrogen-bond donors (Lipinski definition) is 2. The number of methoxy groups -OCH3 is 1. The number of benzene rings is 2. The number of ether oxygens (including phenoxy) is 2. The van der Waals surface area contributed by atoms with Crippen LogP contribution >= 0.6 is 0 Å². The molecule has 0 saturated carbocycles. The van der Waals surface area contributed by atoms with E-state index >= 15 is 0 Å². The molecule has 8 rings (SSSR count). The molecule has 4 aliphatic heterocycles. The molecule has 6 bridgehead atoms. The summed E-state index contributed by atoms with van der Waals surface area (Å²) in [7, 11) is 1.69. The summed E-state index contributed by atoms with van der Waals surface area (Å²) in [4.78, 5) is 78.3. The highest BCUT2D eigenvalue weighted by molar-refractivity contribution is 5.97. The van der Waals surface area contributed by atoms with Crippen molar-refractivity contribution in [3.8, 4) is 22.4 Å². The number of esters is 1. The molecular formula is C52H65N7O7. The van der Waals surface area contributed by atoms with Crippen LogP contribution in [0.2, 0.25) is 0 Å². The van der Waals surface area contributed by atoms with E-state index in [0.717, 1.165) is 50.1 Å². The lowest BCUT2D eigenvalue weighted by atomic mass is 9.84. The first-order valence-corrected chi connectivity index (χ1v) is 23.6. The molecule has 0 aliphatic carbocycles. The van der Waals surface area contributed by atoms with Crippen molar-refractivity contribution in [1.29, 1.82) is 0 Å². The zero-order valence-corrected chi connectivity index (χ0v) is 39.5. The molecule has 1 unspecified atom stereocenters. The Labute approximate surface area is 388 Å². The highest BCUT2D eigenvalue weighted by atomic mass is 16.5. The molecule has 1 spiro atoms. The monoisotopic (exact) mass is 899 g/mol. The number of pyridine rings is 1. The maximum Gasteiger partial charge on any atom is 0.324 e. The average Bonchev–Trinajstić information content (AvgIpc) is 3.99. The Balaban J connectivity index is 1.18. The number of carbonyl (C=O) groups excluding carboxylic acids is 5. The van der Waals surface area contributed by atoms with Crippen molar-refractivity contribution in [1.82, 2.24) is 35.1 Å². The molecule has 2 aromatic heterocycles. The summed E-state index contributed by atoms with van der Waals surface area (Å²) in [6.45, 7) is 18.1. The van der Waals surface area contributed by atoms with E-state index in [0.29, 0.717) is 58.3 Å². The molecule has 350 valence electrons. The normalized spacial score (nSPS) is 23.3. The highest BCUT2D eigenvalue weighted by Crippen LogP contribution is 2.44. The number of hydrogen-bond acceptors (Lipinski definition) is 9. The summed E-state index contributed by atoms with van der Waals surface area (Å²) in [5, 5.41) is 5.64. The van der Waals surface area contributed by atoms with Gasteiger partial charge in [-0.25, -0.2) is 5.43 Å². The number of cyclic esters (lactones) is 1. The smallest absolute Gasteiger partial charge is 0.324 e. The standard InChI is InChI=1S/C52H65N7O7/c1-9-43(60)56-24-20-52(30-56)21-25-58(50(52)64)45(32(3)4)47(61)54-41-27-34-14-11-15-35(26-34)36-18-19-42-38(28-36)39(46(57(42)10-2)37-16-12-22-53-44(37)33(5)65-8)29-51(6,7)31-66-49(63)40-17-13-23-59(55-40)48(41)62/h9,11-12,14-16,18-19,22,26,28,32-33,40-41,45,55H,1,10,13,17,20-21,23-25,27,29-31H2,2-8H3,(H,54,61)/t33-,40-,41-,45?,52-/m0/s1. The number of fused-ring (bicyclic) bond motifs is 6. The second kappa shape index (κ2) is 18.8. The van der Waals surface area contributed by atoms with Crippen molar-refractivity contribution >= 4 is 40.5 Å². The highest BCUT2D eigenvalue weighted by Gasteiger charge is 2.54. The van der Waals surface area contributed by atoms with Crippen LogP contribution in [0.5, 0.6) is 0 Å². The fourth-order valence-electron chi connectivity index (χ4n) is 10.7. The number of hydrazine groups is 1. The number of aromatic nitrogens is 2. The van der Waals surface area contributed by atoms with Crippen LogP contribution in [0.15, 0.2) is 73.4 Å². The van der Waals surface area contributed by atoms with E-state index in [-0.39, 0.29) is 49.3 Å². The maximum atomic E-state index is 14.8. The van der Waals surface area contributed by atoms with Crippen LogP contribution in [-0.2, 0) is 52.8 Å². The number of amides is 4. The molecule has 5 atom stereocenters. The van der Waals surface area contributed by atoms with E-state index in [9.17, 15) is 24.0 Å². The Hall–Kier alpha value is -5.86. The number of aryl methyl sites for hydroxylation is 1. The van der Waals surface area contributed by atoms with Gasteiger partial charge in [-0.15, -0.1) is 0 Å². The van der Waals surface area contributed by atoms with Crippen molar-refractivity contribution in [2.45, 2.75) is 111 Å². The second-order valence-corrected chi connectivity index (χ2v) is 19.8. The van der Waals surface area contributed by atoms with Gasteiger partial charge in [-0.1, -0.05) is 64.6 Å². The number of nitrogens with zero attached hydrogens (tertiary/aromatic N) is 5. The molecule has 4 amide bonds. The van der Waals surface area contributed by atoms with Gasteiger partial charge in [0.25, 0.3) is 5.91 Å². The van der Waals surface area contributed by atoms with E-state index in [4.69, 9.17) is 14.5 Å². The van der Waals surface area contributed by atoms with Gasteiger partial charge in [0.05, 0.1) is 29.5 Å². The summed E-state index contributed by atoms with van der Waals surface area (Å²) in [6, 6.07) is 16.0. The Morgan fingerprint density at radius 3 is 2.55 bits per heavy atom. The van der Waals surface area contributed by atoms with E-state index in [2.05, 4.69) is 79.1 Å². The lowest BCUT2D eigenvalue weighted by Crippen LogP contribution is -2.62. The maximum absolute atomic E-state index is 14.8. The van der Waals surface area contributed by atoms with Gasteiger partial charge in [0.15, 0.2) is 0 Å². The zero-order chi connectivity index (χ0) is 47.1. The topological polar surface area (TPSA) is 155 Å². The number of carbonyl (C=O) groups is 5. The van der Waals surface area contributed by atoms with Crippen LogP contribution in [-0.4, -0.2) is 112 Å². The van der Waals surface area contributed by atoms with Crippen LogP contribution in [0.25, 0.3) is 33.3 Å². The number of likely N-dealkylation sites (tertiary alicyclic amines) is 2. The van der Waals surface area contributed by atoms with E-state index in [1.165, 1.54) is 11.1 Å². The molecule has 2 aromatic carbocycles. The summed E-state index contributed by atoms with van der Waals surface area (Å²) in [6.07, 6.45) is 5.64. The fraction of sp³-hybridized carbons (Fsp3) is 0.500. The Morgan fingerprint density at radius 1 is 1.03 bits per heavy atom. The predicted molar refractivity (Wildman–Crippen MR) is 252 cm³/mol. The van der Waals surface area contributed by atoms with Crippen LogP contribution in [0.4, 0.5) is 0 Å². The molecule has 4 aliphatic rings. The number of nitrogens with one attached hydrogen (secondary N) is 2. The molecule has 2 N–H and O–H groups in total. The van der Waals surface area contributed by atoms with E-state index in [1.807, 2.05) is 39.0 Å². The first-order chi connectivity index (χ1) is 31.6. The Kier molecular flexibility index (Phi) is 13.3.